The van der Waals surface area contributed by atoms with Crippen molar-refractivity contribution in [1.82, 2.24) is 20.0 Å². The molecule has 0 radical (unpaired) electrons. The van der Waals surface area contributed by atoms with Crippen LogP contribution in [0.4, 0.5) is 5.82 Å². The Labute approximate surface area is 157 Å². The van der Waals surface area contributed by atoms with Crippen molar-refractivity contribution < 1.29 is 9.59 Å². The largest absolute Gasteiger partial charge is 0.364 e. The number of anilines is 1. The van der Waals surface area contributed by atoms with Gasteiger partial charge in [0.05, 0.1) is 0 Å². The molecule has 1 N–H and O–H groups in total. The third kappa shape index (κ3) is 4.29. The third-order valence-corrected chi connectivity index (χ3v) is 4.68. The first-order chi connectivity index (χ1) is 12.5. The number of halogens is 1. The standard InChI is InChI=1S/C18H20ClN5O2/c1-13(25)23-8-10-24(11-9-23)18(26)16-6-7-17(22-21-16)20-12-14-4-2-3-5-15(14)19/h2-7H,8-12H2,1H3,(H,20,22). The number of hydrogen-bond donors (Lipinski definition) is 1. The lowest BCUT2D eigenvalue weighted by atomic mass is 10.2. The highest BCUT2D eigenvalue weighted by Gasteiger charge is 2.24. The zero-order valence-corrected chi connectivity index (χ0v) is 15.2. The molecule has 0 aliphatic carbocycles. The minimum atomic E-state index is -0.168. The zero-order chi connectivity index (χ0) is 18.5. The summed E-state index contributed by atoms with van der Waals surface area (Å²) in [6.45, 7) is 4.17. The van der Waals surface area contributed by atoms with E-state index in [2.05, 4.69) is 15.5 Å². The number of nitrogens with zero attached hydrogens (tertiary/aromatic N) is 4. The Balaban J connectivity index is 1.56. The molecule has 2 amide bonds. The molecule has 3 rings (SSSR count). The van der Waals surface area contributed by atoms with Crippen molar-refractivity contribution in [3.63, 3.8) is 0 Å². The van der Waals surface area contributed by atoms with Gasteiger partial charge in [-0.15, -0.1) is 10.2 Å². The number of benzene rings is 1. The summed E-state index contributed by atoms with van der Waals surface area (Å²) in [6.07, 6.45) is 0. The molecule has 0 spiro atoms. The Hall–Kier alpha value is -2.67. The summed E-state index contributed by atoms with van der Waals surface area (Å²) in [5.41, 5.74) is 1.25. The van der Waals surface area contributed by atoms with E-state index in [4.69, 9.17) is 11.6 Å². The van der Waals surface area contributed by atoms with E-state index in [9.17, 15) is 9.59 Å². The summed E-state index contributed by atoms with van der Waals surface area (Å²) < 4.78 is 0. The number of carbonyl (C=O) groups is 2. The van der Waals surface area contributed by atoms with Crippen LogP contribution in [0.2, 0.25) is 5.02 Å². The van der Waals surface area contributed by atoms with E-state index in [1.54, 1.807) is 21.9 Å². The molecule has 1 aromatic heterocycles. The lowest BCUT2D eigenvalue weighted by Gasteiger charge is -2.33. The van der Waals surface area contributed by atoms with Crippen molar-refractivity contribution in [3.8, 4) is 0 Å². The van der Waals surface area contributed by atoms with E-state index in [-0.39, 0.29) is 11.8 Å². The number of hydrogen-bond acceptors (Lipinski definition) is 5. The maximum absolute atomic E-state index is 12.5. The van der Waals surface area contributed by atoms with Gasteiger partial charge in [-0.25, -0.2) is 0 Å². The summed E-state index contributed by atoms with van der Waals surface area (Å²) in [7, 11) is 0. The molecule has 0 bridgehead atoms. The Morgan fingerprint density at radius 3 is 2.35 bits per heavy atom. The highest BCUT2D eigenvalue weighted by molar-refractivity contribution is 6.31. The van der Waals surface area contributed by atoms with E-state index in [1.807, 2.05) is 24.3 Å². The molecular weight excluding hydrogens is 354 g/mol. The molecule has 0 unspecified atom stereocenters. The van der Waals surface area contributed by atoms with Gasteiger partial charge >= 0.3 is 0 Å². The first kappa shape index (κ1) is 18.1. The third-order valence-electron chi connectivity index (χ3n) is 4.31. The zero-order valence-electron chi connectivity index (χ0n) is 14.5. The first-order valence-electron chi connectivity index (χ1n) is 8.40. The second-order valence-corrected chi connectivity index (χ2v) is 6.45. The van der Waals surface area contributed by atoms with Crippen LogP contribution in [0.15, 0.2) is 36.4 Å². The summed E-state index contributed by atoms with van der Waals surface area (Å²) in [6, 6.07) is 10.9. The Kier molecular flexibility index (Phi) is 5.68. The Morgan fingerprint density at radius 2 is 1.73 bits per heavy atom. The van der Waals surface area contributed by atoms with Crippen LogP contribution in [0.25, 0.3) is 0 Å². The second-order valence-electron chi connectivity index (χ2n) is 6.05. The van der Waals surface area contributed by atoms with Crippen LogP contribution >= 0.6 is 11.6 Å². The van der Waals surface area contributed by atoms with E-state index in [0.29, 0.717) is 49.3 Å². The average molecular weight is 374 g/mol. The molecule has 1 aliphatic heterocycles. The molecule has 136 valence electrons. The monoisotopic (exact) mass is 373 g/mol. The quantitative estimate of drug-likeness (QED) is 0.887. The number of aromatic nitrogens is 2. The summed E-state index contributed by atoms with van der Waals surface area (Å²) in [5.74, 6) is 0.437. The molecule has 0 atom stereocenters. The highest BCUT2D eigenvalue weighted by Crippen LogP contribution is 2.16. The van der Waals surface area contributed by atoms with Crippen LogP contribution in [0.1, 0.15) is 23.0 Å². The molecule has 1 fully saturated rings. The maximum atomic E-state index is 12.5. The predicted molar refractivity (Wildman–Crippen MR) is 99.0 cm³/mol. The van der Waals surface area contributed by atoms with Crippen LogP contribution in [0.3, 0.4) is 0 Å². The van der Waals surface area contributed by atoms with Gasteiger partial charge in [0.2, 0.25) is 5.91 Å². The highest BCUT2D eigenvalue weighted by atomic mass is 35.5. The molecule has 2 aromatic rings. The van der Waals surface area contributed by atoms with Crippen molar-refractivity contribution in [1.29, 1.82) is 0 Å². The van der Waals surface area contributed by atoms with Crippen molar-refractivity contribution in [2.75, 3.05) is 31.5 Å². The molecule has 1 aromatic carbocycles. The minimum Gasteiger partial charge on any atom is -0.364 e. The van der Waals surface area contributed by atoms with E-state index in [0.717, 1.165) is 5.56 Å². The number of nitrogens with one attached hydrogen (secondary N) is 1. The molecule has 26 heavy (non-hydrogen) atoms. The normalized spacial score (nSPS) is 14.2. The van der Waals surface area contributed by atoms with Crippen LogP contribution < -0.4 is 5.32 Å². The van der Waals surface area contributed by atoms with Gasteiger partial charge in [0.25, 0.3) is 5.91 Å². The molecule has 1 saturated heterocycles. The fraction of sp³-hybridized carbons (Fsp3) is 0.333. The smallest absolute Gasteiger partial charge is 0.274 e. The van der Waals surface area contributed by atoms with Gasteiger partial charge in [0.1, 0.15) is 5.82 Å². The van der Waals surface area contributed by atoms with Crippen LogP contribution in [0, 0.1) is 0 Å². The van der Waals surface area contributed by atoms with E-state index >= 15 is 0 Å². The van der Waals surface area contributed by atoms with Gasteiger partial charge in [-0.1, -0.05) is 29.8 Å². The number of carbonyl (C=O) groups excluding carboxylic acids is 2. The minimum absolute atomic E-state index is 0.0332. The topological polar surface area (TPSA) is 78.4 Å². The lowest BCUT2D eigenvalue weighted by molar-refractivity contribution is -0.130. The maximum Gasteiger partial charge on any atom is 0.274 e. The number of rotatable bonds is 4. The van der Waals surface area contributed by atoms with Gasteiger partial charge < -0.3 is 15.1 Å². The van der Waals surface area contributed by atoms with E-state index in [1.165, 1.54) is 6.92 Å². The lowest BCUT2D eigenvalue weighted by Crippen LogP contribution is -2.50. The van der Waals surface area contributed by atoms with Gasteiger partial charge in [-0.05, 0) is 23.8 Å². The van der Waals surface area contributed by atoms with Crippen molar-refractivity contribution >= 4 is 29.2 Å². The molecule has 8 heteroatoms. The Bertz CT molecular complexity index is 788. The fourth-order valence-corrected chi connectivity index (χ4v) is 2.96. The van der Waals surface area contributed by atoms with Gasteiger partial charge in [-0.3, -0.25) is 9.59 Å². The van der Waals surface area contributed by atoms with Crippen molar-refractivity contribution in [3.05, 3.63) is 52.7 Å². The first-order valence-corrected chi connectivity index (χ1v) is 8.78. The number of piperazine rings is 1. The molecule has 7 nitrogen and oxygen atoms in total. The SMILES string of the molecule is CC(=O)N1CCN(C(=O)c2ccc(NCc3ccccc3Cl)nn2)CC1. The molecular formula is C18H20ClN5O2. The molecule has 1 aliphatic rings. The van der Waals surface area contributed by atoms with Gasteiger partial charge in [0.15, 0.2) is 5.69 Å². The van der Waals surface area contributed by atoms with Crippen molar-refractivity contribution in [2.24, 2.45) is 0 Å². The molecule has 0 saturated carbocycles. The van der Waals surface area contributed by atoms with Crippen LogP contribution in [-0.2, 0) is 11.3 Å². The van der Waals surface area contributed by atoms with Crippen LogP contribution in [0.5, 0.6) is 0 Å². The number of amides is 2. The van der Waals surface area contributed by atoms with Gasteiger partial charge in [0, 0.05) is 44.7 Å². The van der Waals surface area contributed by atoms with Crippen LogP contribution in [-0.4, -0.2) is 58.0 Å². The average Bonchev–Trinajstić information content (AvgIpc) is 2.67. The van der Waals surface area contributed by atoms with Gasteiger partial charge in [-0.2, -0.15) is 0 Å². The fourth-order valence-electron chi connectivity index (χ4n) is 2.75. The van der Waals surface area contributed by atoms with Crippen molar-refractivity contribution in [2.45, 2.75) is 13.5 Å². The predicted octanol–water partition coefficient (Wildman–Crippen LogP) is 2.05. The summed E-state index contributed by atoms with van der Waals surface area (Å²) >= 11 is 6.12. The van der Waals surface area contributed by atoms with E-state index < -0.39 is 0 Å². The summed E-state index contributed by atoms with van der Waals surface area (Å²) in [5, 5.41) is 11.9. The summed E-state index contributed by atoms with van der Waals surface area (Å²) in [4.78, 5) is 27.3. The Morgan fingerprint density at radius 1 is 1.04 bits per heavy atom. The second kappa shape index (κ2) is 8.14. The molecule has 2 heterocycles.